The summed E-state index contributed by atoms with van der Waals surface area (Å²) in [5, 5.41) is 0. The minimum atomic E-state index is -1.65. The lowest BCUT2D eigenvalue weighted by atomic mass is 10.1. The molecule has 0 saturated heterocycles. The van der Waals surface area contributed by atoms with Gasteiger partial charge in [0.1, 0.15) is 0 Å². The first-order valence-electron chi connectivity index (χ1n) is 8.59. The van der Waals surface area contributed by atoms with E-state index < -0.39 is 8.32 Å². The van der Waals surface area contributed by atoms with Crippen LogP contribution in [0.1, 0.15) is 52.4 Å². The van der Waals surface area contributed by atoms with Crippen molar-refractivity contribution in [3.8, 4) is 0 Å². The van der Waals surface area contributed by atoms with Crippen molar-refractivity contribution in [2.75, 3.05) is 33.0 Å². The van der Waals surface area contributed by atoms with E-state index in [-0.39, 0.29) is 0 Å². The smallest absolute Gasteiger partial charge is 0.210 e. The summed E-state index contributed by atoms with van der Waals surface area (Å²) in [7, 11) is -1.65. The number of hydrogen-bond acceptors (Lipinski definition) is 3. The van der Waals surface area contributed by atoms with Crippen LogP contribution in [0.25, 0.3) is 0 Å². The van der Waals surface area contributed by atoms with Crippen molar-refractivity contribution in [3.05, 3.63) is 11.8 Å². The molecule has 0 aliphatic carbocycles. The molecule has 0 aliphatic heterocycles. The molecule has 0 saturated carbocycles. The average molecular weight is 317 g/mol. The molecule has 0 bridgehead atoms. The molecule has 0 atom stereocenters. The van der Waals surface area contributed by atoms with E-state index in [4.69, 9.17) is 13.9 Å². The molecule has 0 aromatic heterocycles. The minimum Gasteiger partial charge on any atom is -0.411 e. The van der Waals surface area contributed by atoms with Gasteiger partial charge in [0.05, 0.1) is 26.4 Å². The molecule has 0 aliphatic rings. The van der Waals surface area contributed by atoms with Gasteiger partial charge in [-0.2, -0.15) is 0 Å². The van der Waals surface area contributed by atoms with Gasteiger partial charge in [-0.1, -0.05) is 44.4 Å². The van der Waals surface area contributed by atoms with Crippen LogP contribution in [0, 0.1) is 0 Å². The standard InChI is InChI=1S/C17H36O3Si/c1-5-7-8-9-10-11-12-17-21(3,4)20-16-15-19-14-13-18-6-2/h12,17H,5-11,13-16H2,1-4H3/b17-12+. The summed E-state index contributed by atoms with van der Waals surface area (Å²) >= 11 is 0. The molecule has 0 heterocycles. The van der Waals surface area contributed by atoms with E-state index in [9.17, 15) is 0 Å². The van der Waals surface area contributed by atoms with Crippen LogP contribution in [-0.2, 0) is 13.9 Å². The number of rotatable bonds is 15. The predicted molar refractivity (Wildman–Crippen MR) is 93.3 cm³/mol. The summed E-state index contributed by atoms with van der Waals surface area (Å²) in [6, 6.07) is 0. The zero-order valence-corrected chi connectivity index (χ0v) is 15.7. The molecule has 0 amide bonds. The zero-order valence-electron chi connectivity index (χ0n) is 14.7. The van der Waals surface area contributed by atoms with Crippen molar-refractivity contribution in [1.82, 2.24) is 0 Å². The SMILES string of the molecule is CCCCCCC/C=C/[Si](C)(C)OCCOCCOCC. The molecule has 0 N–H and O–H groups in total. The first kappa shape index (κ1) is 20.8. The van der Waals surface area contributed by atoms with Crippen molar-refractivity contribution in [3.63, 3.8) is 0 Å². The lowest BCUT2D eigenvalue weighted by Crippen LogP contribution is -2.29. The third-order valence-electron chi connectivity index (χ3n) is 3.27. The number of unbranched alkanes of at least 4 members (excludes halogenated alkanes) is 5. The number of allylic oxidation sites excluding steroid dienone is 1. The van der Waals surface area contributed by atoms with Crippen LogP contribution >= 0.6 is 0 Å². The van der Waals surface area contributed by atoms with E-state index in [1.54, 1.807) is 0 Å². The maximum Gasteiger partial charge on any atom is 0.210 e. The Morgan fingerprint density at radius 1 is 0.810 bits per heavy atom. The van der Waals surface area contributed by atoms with Crippen LogP contribution in [0.5, 0.6) is 0 Å². The highest BCUT2D eigenvalue weighted by atomic mass is 28.4. The normalized spacial score (nSPS) is 12.4. The molecule has 21 heavy (non-hydrogen) atoms. The fourth-order valence-corrected chi connectivity index (χ4v) is 3.45. The molecule has 0 unspecified atom stereocenters. The van der Waals surface area contributed by atoms with Crippen molar-refractivity contribution >= 4 is 8.32 Å². The molecule has 0 fully saturated rings. The molecule has 4 heteroatoms. The van der Waals surface area contributed by atoms with E-state index in [0.29, 0.717) is 26.4 Å². The largest absolute Gasteiger partial charge is 0.411 e. The van der Waals surface area contributed by atoms with Crippen molar-refractivity contribution < 1.29 is 13.9 Å². The first-order chi connectivity index (χ1) is 10.1. The highest BCUT2D eigenvalue weighted by Crippen LogP contribution is 2.09. The molecule has 0 aromatic carbocycles. The fourth-order valence-electron chi connectivity index (χ4n) is 2.01. The van der Waals surface area contributed by atoms with E-state index >= 15 is 0 Å². The van der Waals surface area contributed by atoms with Crippen LogP contribution in [-0.4, -0.2) is 41.4 Å². The molecule has 126 valence electrons. The Labute approximate surface area is 133 Å². The van der Waals surface area contributed by atoms with Gasteiger partial charge in [-0.05, 0) is 32.9 Å². The molecule has 3 nitrogen and oxygen atoms in total. The molecular formula is C17H36O3Si. The molecule has 0 aromatic rings. The van der Waals surface area contributed by atoms with E-state index in [0.717, 1.165) is 6.61 Å². The summed E-state index contributed by atoms with van der Waals surface area (Å²) < 4.78 is 16.6. The first-order valence-corrected chi connectivity index (χ1v) is 11.6. The average Bonchev–Trinajstić information content (AvgIpc) is 2.45. The Kier molecular flexibility index (Phi) is 14.6. The zero-order chi connectivity index (χ0) is 15.8. The maximum absolute atomic E-state index is 5.97. The highest BCUT2D eigenvalue weighted by molar-refractivity contribution is 6.76. The Morgan fingerprint density at radius 3 is 2.19 bits per heavy atom. The van der Waals surface area contributed by atoms with Gasteiger partial charge in [-0.15, -0.1) is 0 Å². The molecular weight excluding hydrogens is 280 g/mol. The summed E-state index contributed by atoms with van der Waals surface area (Å²) in [6.07, 6.45) is 10.2. The summed E-state index contributed by atoms with van der Waals surface area (Å²) in [5.41, 5.74) is 2.31. The summed E-state index contributed by atoms with van der Waals surface area (Å²) in [4.78, 5) is 0. The van der Waals surface area contributed by atoms with Gasteiger partial charge in [0.2, 0.25) is 8.32 Å². The highest BCUT2D eigenvalue weighted by Gasteiger charge is 2.17. The second-order valence-electron chi connectivity index (χ2n) is 5.87. The minimum absolute atomic E-state index is 0.660. The second kappa shape index (κ2) is 14.8. The van der Waals surface area contributed by atoms with Crippen LogP contribution in [0.3, 0.4) is 0 Å². The predicted octanol–water partition coefficient (Wildman–Crippen LogP) is 4.72. The van der Waals surface area contributed by atoms with Crippen LogP contribution in [0.15, 0.2) is 11.8 Å². The number of ether oxygens (including phenoxy) is 2. The maximum atomic E-state index is 5.97. The van der Waals surface area contributed by atoms with Crippen molar-refractivity contribution in [2.24, 2.45) is 0 Å². The Hall–Kier alpha value is -0.163. The molecule has 0 rings (SSSR count). The second-order valence-corrected chi connectivity index (χ2v) is 9.70. The van der Waals surface area contributed by atoms with Gasteiger partial charge < -0.3 is 13.9 Å². The van der Waals surface area contributed by atoms with Gasteiger partial charge in [-0.25, -0.2) is 0 Å². The van der Waals surface area contributed by atoms with Gasteiger partial charge in [0, 0.05) is 6.61 Å². The third-order valence-corrected chi connectivity index (χ3v) is 5.26. The summed E-state index contributed by atoms with van der Waals surface area (Å²) in [6.45, 7) is 12.2. The molecule has 0 radical (unpaired) electrons. The third kappa shape index (κ3) is 16.0. The monoisotopic (exact) mass is 316 g/mol. The van der Waals surface area contributed by atoms with E-state index in [1.165, 1.54) is 38.5 Å². The van der Waals surface area contributed by atoms with Crippen LogP contribution in [0.2, 0.25) is 13.1 Å². The van der Waals surface area contributed by atoms with Crippen molar-refractivity contribution in [1.29, 1.82) is 0 Å². The Morgan fingerprint density at radius 2 is 1.48 bits per heavy atom. The van der Waals surface area contributed by atoms with Gasteiger partial charge in [-0.3, -0.25) is 0 Å². The quantitative estimate of drug-likeness (QED) is 0.323. The van der Waals surface area contributed by atoms with E-state index in [1.807, 2.05) is 6.92 Å². The van der Waals surface area contributed by atoms with Gasteiger partial charge in [0.25, 0.3) is 0 Å². The topological polar surface area (TPSA) is 27.7 Å². The van der Waals surface area contributed by atoms with Crippen LogP contribution in [0.4, 0.5) is 0 Å². The van der Waals surface area contributed by atoms with E-state index in [2.05, 4.69) is 31.8 Å². The Bertz CT molecular complexity index is 242. The van der Waals surface area contributed by atoms with Crippen molar-refractivity contribution in [2.45, 2.75) is 65.5 Å². The number of hydrogen-bond donors (Lipinski definition) is 0. The lowest BCUT2D eigenvalue weighted by Gasteiger charge is -2.18. The van der Waals surface area contributed by atoms with Crippen LogP contribution < -0.4 is 0 Å². The fraction of sp³-hybridized carbons (Fsp3) is 0.882. The lowest BCUT2D eigenvalue weighted by molar-refractivity contribution is 0.0397. The molecule has 0 spiro atoms. The van der Waals surface area contributed by atoms with Gasteiger partial charge in [0.15, 0.2) is 0 Å². The van der Waals surface area contributed by atoms with Gasteiger partial charge >= 0.3 is 0 Å². The summed E-state index contributed by atoms with van der Waals surface area (Å²) in [5.74, 6) is 0. The Balaban J connectivity index is 3.49.